The molecule has 0 bridgehead atoms. The van der Waals surface area contributed by atoms with E-state index in [-0.39, 0.29) is 0 Å². The molecular weight excluding hydrogens is 266 g/mol. The van der Waals surface area contributed by atoms with Crippen LogP contribution in [-0.4, -0.2) is 6.04 Å². The van der Waals surface area contributed by atoms with Crippen LogP contribution in [-0.2, 0) is 0 Å². The molecule has 0 radical (unpaired) electrons. The van der Waals surface area contributed by atoms with E-state index in [1.807, 2.05) is 0 Å². The Hall–Kier alpha value is -1.24. The highest BCUT2D eigenvalue weighted by Gasteiger charge is 2.41. The minimum atomic E-state index is 0.318. The summed E-state index contributed by atoms with van der Waals surface area (Å²) in [4.78, 5) is 0. The number of nitrogens with one attached hydrogen (secondary N) is 1. The first-order valence-corrected chi connectivity index (χ1v) is 8.82. The highest BCUT2D eigenvalue weighted by molar-refractivity contribution is 5.47. The van der Waals surface area contributed by atoms with Gasteiger partial charge in [0.25, 0.3) is 0 Å². The van der Waals surface area contributed by atoms with Gasteiger partial charge in [-0.1, -0.05) is 56.5 Å². The van der Waals surface area contributed by atoms with Crippen molar-refractivity contribution in [3.05, 3.63) is 41.0 Å². The van der Waals surface area contributed by atoms with Crippen molar-refractivity contribution in [3.8, 4) is 0 Å². The lowest BCUT2D eigenvalue weighted by Crippen LogP contribution is -2.43. The lowest BCUT2D eigenvalue weighted by molar-refractivity contribution is 0.225. The molecule has 22 heavy (non-hydrogen) atoms. The van der Waals surface area contributed by atoms with E-state index in [1.54, 1.807) is 11.1 Å². The van der Waals surface area contributed by atoms with Crippen LogP contribution in [0.15, 0.2) is 35.4 Å². The second-order valence-corrected chi connectivity index (χ2v) is 8.75. The summed E-state index contributed by atoms with van der Waals surface area (Å²) in [7, 11) is 0. The molecule has 120 valence electrons. The van der Waals surface area contributed by atoms with Gasteiger partial charge in [0.05, 0.1) is 0 Å². The van der Waals surface area contributed by atoms with E-state index in [2.05, 4.69) is 64.2 Å². The third-order valence-corrected chi connectivity index (χ3v) is 5.94. The lowest BCUT2D eigenvalue weighted by Gasteiger charge is -2.48. The number of rotatable bonds is 2. The van der Waals surface area contributed by atoms with E-state index in [9.17, 15) is 0 Å². The molecule has 0 saturated carbocycles. The molecule has 0 unspecified atom stereocenters. The first-order valence-electron chi connectivity index (χ1n) is 8.82. The Morgan fingerprint density at radius 1 is 1.05 bits per heavy atom. The standard InChI is InChI=1S/C21H31N/c1-15-8-10-17(11-9-15)22-19-13-16-7-6-12-20(2,3)18(16)14-21(19,4)5/h8-11,19,22H,6-7,12-14H2,1-5H3/t19-/m1/s1. The van der Waals surface area contributed by atoms with Crippen LogP contribution < -0.4 is 5.32 Å². The van der Waals surface area contributed by atoms with E-state index in [1.165, 1.54) is 43.4 Å². The Morgan fingerprint density at radius 2 is 1.73 bits per heavy atom. The van der Waals surface area contributed by atoms with Crippen molar-refractivity contribution in [2.24, 2.45) is 10.8 Å². The van der Waals surface area contributed by atoms with Gasteiger partial charge >= 0.3 is 0 Å². The lowest BCUT2D eigenvalue weighted by atomic mass is 9.60. The summed E-state index contributed by atoms with van der Waals surface area (Å²) in [6.07, 6.45) is 6.51. The van der Waals surface area contributed by atoms with E-state index >= 15 is 0 Å². The Labute approximate surface area is 136 Å². The molecule has 1 aromatic carbocycles. The van der Waals surface area contributed by atoms with Crippen molar-refractivity contribution in [1.29, 1.82) is 0 Å². The molecular formula is C21H31N. The minimum absolute atomic E-state index is 0.318. The van der Waals surface area contributed by atoms with Crippen LogP contribution in [0, 0.1) is 17.8 Å². The quantitative estimate of drug-likeness (QED) is 0.650. The second-order valence-electron chi connectivity index (χ2n) is 8.75. The monoisotopic (exact) mass is 297 g/mol. The van der Waals surface area contributed by atoms with Gasteiger partial charge in [0.1, 0.15) is 0 Å². The maximum absolute atomic E-state index is 3.82. The zero-order valence-corrected chi connectivity index (χ0v) is 14.9. The van der Waals surface area contributed by atoms with Gasteiger partial charge < -0.3 is 5.32 Å². The molecule has 1 heteroatoms. The summed E-state index contributed by atoms with van der Waals surface area (Å²) in [6.45, 7) is 11.9. The summed E-state index contributed by atoms with van der Waals surface area (Å²) in [5.41, 5.74) is 6.85. The van der Waals surface area contributed by atoms with E-state index in [0.717, 1.165) is 0 Å². The predicted octanol–water partition coefficient (Wildman–Crippen LogP) is 6.10. The number of aryl methyl sites for hydroxylation is 1. The SMILES string of the molecule is Cc1ccc(N[C@@H]2CC3=C(CC2(C)C)C(C)(C)CCC3)cc1. The maximum Gasteiger partial charge on any atom is 0.0352 e. The number of benzene rings is 1. The van der Waals surface area contributed by atoms with Crippen LogP contribution in [0.4, 0.5) is 5.69 Å². The highest BCUT2D eigenvalue weighted by Crippen LogP contribution is 2.51. The Morgan fingerprint density at radius 3 is 2.41 bits per heavy atom. The van der Waals surface area contributed by atoms with Crippen molar-refractivity contribution < 1.29 is 0 Å². The van der Waals surface area contributed by atoms with Gasteiger partial charge in [0, 0.05) is 11.7 Å². The maximum atomic E-state index is 3.82. The van der Waals surface area contributed by atoms with Crippen molar-refractivity contribution in [1.82, 2.24) is 0 Å². The third kappa shape index (κ3) is 2.95. The van der Waals surface area contributed by atoms with Gasteiger partial charge in [-0.3, -0.25) is 0 Å². The van der Waals surface area contributed by atoms with E-state index < -0.39 is 0 Å². The van der Waals surface area contributed by atoms with Crippen LogP contribution >= 0.6 is 0 Å². The average molecular weight is 297 g/mol. The zero-order chi connectivity index (χ0) is 16.0. The Balaban J connectivity index is 1.84. The summed E-state index contributed by atoms with van der Waals surface area (Å²) in [5.74, 6) is 0. The molecule has 0 spiro atoms. The number of allylic oxidation sites excluding steroid dienone is 1. The van der Waals surface area contributed by atoms with Gasteiger partial charge in [-0.25, -0.2) is 0 Å². The average Bonchev–Trinajstić information content (AvgIpc) is 2.43. The Bertz CT molecular complexity index is 574. The molecule has 3 rings (SSSR count). The largest absolute Gasteiger partial charge is 0.381 e. The normalized spacial score (nSPS) is 26.5. The molecule has 1 N–H and O–H groups in total. The summed E-state index contributed by atoms with van der Waals surface area (Å²) in [5, 5.41) is 3.82. The molecule has 0 amide bonds. The van der Waals surface area contributed by atoms with Gasteiger partial charge in [0.15, 0.2) is 0 Å². The van der Waals surface area contributed by atoms with Gasteiger partial charge in [0.2, 0.25) is 0 Å². The fourth-order valence-electron chi connectivity index (χ4n) is 4.31. The minimum Gasteiger partial charge on any atom is -0.381 e. The number of hydrogen-bond donors (Lipinski definition) is 1. The molecule has 1 nitrogen and oxygen atoms in total. The topological polar surface area (TPSA) is 12.0 Å². The van der Waals surface area contributed by atoms with Crippen LogP contribution in [0.25, 0.3) is 0 Å². The van der Waals surface area contributed by atoms with E-state index in [4.69, 9.17) is 0 Å². The first kappa shape index (κ1) is 15.6. The molecule has 2 aliphatic carbocycles. The molecule has 0 saturated heterocycles. The molecule has 0 fully saturated rings. The van der Waals surface area contributed by atoms with Crippen LogP contribution in [0.5, 0.6) is 0 Å². The van der Waals surface area contributed by atoms with Crippen LogP contribution in [0.2, 0.25) is 0 Å². The van der Waals surface area contributed by atoms with Gasteiger partial charge in [-0.15, -0.1) is 0 Å². The van der Waals surface area contributed by atoms with Crippen LogP contribution in [0.3, 0.4) is 0 Å². The number of anilines is 1. The van der Waals surface area contributed by atoms with Crippen molar-refractivity contribution in [2.45, 2.75) is 72.8 Å². The zero-order valence-electron chi connectivity index (χ0n) is 14.9. The van der Waals surface area contributed by atoms with Gasteiger partial charge in [-0.2, -0.15) is 0 Å². The molecule has 1 atom stereocenters. The highest BCUT2D eigenvalue weighted by atomic mass is 14.9. The smallest absolute Gasteiger partial charge is 0.0352 e. The fraction of sp³-hybridized carbons (Fsp3) is 0.619. The second kappa shape index (κ2) is 5.44. The van der Waals surface area contributed by atoms with Crippen molar-refractivity contribution in [3.63, 3.8) is 0 Å². The van der Waals surface area contributed by atoms with Crippen molar-refractivity contribution >= 4 is 5.69 Å². The summed E-state index contributed by atoms with van der Waals surface area (Å²) < 4.78 is 0. The third-order valence-electron chi connectivity index (χ3n) is 5.94. The molecule has 1 aromatic rings. The van der Waals surface area contributed by atoms with Gasteiger partial charge in [-0.05, 0) is 62.0 Å². The number of hydrogen-bond acceptors (Lipinski definition) is 1. The summed E-state index contributed by atoms with van der Waals surface area (Å²) in [6, 6.07) is 9.39. The van der Waals surface area contributed by atoms with Crippen LogP contribution in [0.1, 0.15) is 65.4 Å². The molecule has 0 heterocycles. The van der Waals surface area contributed by atoms with E-state index in [0.29, 0.717) is 16.9 Å². The fourth-order valence-corrected chi connectivity index (χ4v) is 4.31. The first-order chi connectivity index (χ1) is 10.3. The molecule has 2 aliphatic rings. The molecule has 0 aromatic heterocycles. The Kier molecular flexibility index (Phi) is 3.87. The molecule has 0 aliphatic heterocycles. The predicted molar refractivity (Wildman–Crippen MR) is 96.3 cm³/mol. The summed E-state index contributed by atoms with van der Waals surface area (Å²) >= 11 is 0. The van der Waals surface area contributed by atoms with Crippen molar-refractivity contribution in [2.75, 3.05) is 5.32 Å².